The van der Waals surface area contributed by atoms with Gasteiger partial charge in [-0.05, 0) is 39.0 Å². The first-order chi connectivity index (χ1) is 13.5. The van der Waals surface area contributed by atoms with E-state index in [0.717, 1.165) is 12.7 Å². The van der Waals surface area contributed by atoms with Crippen LogP contribution in [-0.4, -0.2) is 69.1 Å². The molecule has 1 saturated carbocycles. The van der Waals surface area contributed by atoms with Crippen molar-refractivity contribution in [3.8, 4) is 0 Å². The van der Waals surface area contributed by atoms with Gasteiger partial charge in [-0.15, -0.1) is 24.0 Å². The third-order valence-electron chi connectivity index (χ3n) is 5.63. The van der Waals surface area contributed by atoms with E-state index < -0.39 is 15.6 Å². The van der Waals surface area contributed by atoms with Crippen molar-refractivity contribution in [1.29, 1.82) is 0 Å². The SMILES string of the molecule is CCNC(=NCC(C)(C)NS(C)(=O)=O)NCCN1C(=O)C2C3C=CC(C3)C2C1=O.I. The van der Waals surface area contributed by atoms with Crippen LogP contribution in [0.2, 0.25) is 0 Å². The molecule has 1 saturated heterocycles. The van der Waals surface area contributed by atoms with Crippen LogP contribution in [0.25, 0.3) is 0 Å². The summed E-state index contributed by atoms with van der Waals surface area (Å²) in [6, 6.07) is 0. The van der Waals surface area contributed by atoms with Gasteiger partial charge in [-0.2, -0.15) is 0 Å². The first-order valence-corrected chi connectivity index (χ1v) is 12.0. The number of sulfonamides is 1. The van der Waals surface area contributed by atoms with E-state index in [0.29, 0.717) is 25.6 Å². The minimum atomic E-state index is -3.34. The Hall–Kier alpha value is -1.21. The van der Waals surface area contributed by atoms with Crippen molar-refractivity contribution < 1.29 is 18.0 Å². The molecule has 30 heavy (non-hydrogen) atoms. The van der Waals surface area contributed by atoms with Gasteiger partial charge in [0, 0.05) is 25.2 Å². The van der Waals surface area contributed by atoms with Crippen molar-refractivity contribution in [1.82, 2.24) is 20.3 Å². The highest BCUT2D eigenvalue weighted by molar-refractivity contribution is 14.0. The van der Waals surface area contributed by atoms with Gasteiger partial charge in [0.05, 0.1) is 24.6 Å². The van der Waals surface area contributed by atoms with Crippen LogP contribution >= 0.6 is 24.0 Å². The number of carbonyl (C=O) groups is 2. The maximum atomic E-state index is 12.7. The Morgan fingerprint density at radius 2 is 1.73 bits per heavy atom. The van der Waals surface area contributed by atoms with Crippen LogP contribution in [0.1, 0.15) is 27.2 Å². The molecule has 2 amide bonds. The fourth-order valence-electron chi connectivity index (χ4n) is 4.62. The molecule has 2 aliphatic carbocycles. The van der Waals surface area contributed by atoms with Gasteiger partial charge < -0.3 is 10.6 Å². The second kappa shape index (κ2) is 9.51. The minimum absolute atomic E-state index is 0. The largest absolute Gasteiger partial charge is 0.357 e. The van der Waals surface area contributed by atoms with Crippen LogP contribution in [0.15, 0.2) is 17.1 Å². The van der Waals surface area contributed by atoms with Crippen LogP contribution in [0.5, 0.6) is 0 Å². The number of hydrogen-bond donors (Lipinski definition) is 3. The average Bonchev–Trinajstić information content (AvgIpc) is 3.27. The Kier molecular flexibility index (Phi) is 7.94. The Balaban J connectivity index is 0.00000320. The molecule has 9 nitrogen and oxygen atoms in total. The summed E-state index contributed by atoms with van der Waals surface area (Å²) >= 11 is 0. The molecule has 4 atom stereocenters. The molecule has 1 heterocycles. The molecule has 1 aliphatic heterocycles. The lowest BCUT2D eigenvalue weighted by Crippen LogP contribution is -2.47. The Morgan fingerprint density at radius 1 is 1.17 bits per heavy atom. The number of hydrogen-bond acceptors (Lipinski definition) is 5. The number of allylic oxidation sites excluding steroid dienone is 2. The van der Waals surface area contributed by atoms with Crippen LogP contribution in [0.3, 0.4) is 0 Å². The zero-order valence-electron chi connectivity index (χ0n) is 17.8. The van der Waals surface area contributed by atoms with Crippen molar-refractivity contribution in [3.63, 3.8) is 0 Å². The highest BCUT2D eigenvalue weighted by Crippen LogP contribution is 2.52. The van der Waals surface area contributed by atoms with Crippen LogP contribution in [0, 0.1) is 23.7 Å². The summed E-state index contributed by atoms with van der Waals surface area (Å²) < 4.78 is 25.5. The maximum absolute atomic E-state index is 12.7. The van der Waals surface area contributed by atoms with Gasteiger partial charge in [-0.1, -0.05) is 12.2 Å². The summed E-state index contributed by atoms with van der Waals surface area (Å²) in [6.45, 7) is 6.97. The molecule has 3 N–H and O–H groups in total. The van der Waals surface area contributed by atoms with Gasteiger partial charge in [0.25, 0.3) is 0 Å². The summed E-state index contributed by atoms with van der Waals surface area (Å²) in [7, 11) is -3.34. The second-order valence-electron chi connectivity index (χ2n) is 8.71. The third kappa shape index (κ3) is 5.52. The van der Waals surface area contributed by atoms with E-state index in [2.05, 4.69) is 32.5 Å². The monoisotopic (exact) mass is 553 g/mol. The third-order valence-corrected chi connectivity index (χ3v) is 6.55. The van der Waals surface area contributed by atoms with Gasteiger partial charge >= 0.3 is 0 Å². The topological polar surface area (TPSA) is 120 Å². The molecule has 170 valence electrons. The lowest BCUT2D eigenvalue weighted by Gasteiger charge is -2.24. The predicted molar refractivity (Wildman–Crippen MR) is 126 cm³/mol. The van der Waals surface area contributed by atoms with E-state index >= 15 is 0 Å². The number of carbonyl (C=O) groups excluding carboxylic acids is 2. The van der Waals surface area contributed by atoms with Gasteiger partial charge in [0.1, 0.15) is 0 Å². The molecule has 0 aromatic rings. The summed E-state index contributed by atoms with van der Waals surface area (Å²) in [5.41, 5.74) is -0.736. The van der Waals surface area contributed by atoms with Gasteiger partial charge in [-0.25, -0.2) is 13.1 Å². The van der Waals surface area contributed by atoms with E-state index in [1.54, 1.807) is 13.8 Å². The molecular weight excluding hydrogens is 521 g/mol. The van der Waals surface area contributed by atoms with E-state index in [4.69, 9.17) is 0 Å². The number of amides is 2. The van der Waals surface area contributed by atoms with Gasteiger partial charge in [0.15, 0.2) is 5.96 Å². The number of aliphatic imine (C=N–C) groups is 1. The molecule has 3 aliphatic rings. The number of likely N-dealkylation sites (tertiary alicyclic amines) is 1. The van der Waals surface area contributed by atoms with Crippen molar-refractivity contribution >= 4 is 51.8 Å². The molecule has 0 radical (unpaired) electrons. The summed E-state index contributed by atoms with van der Waals surface area (Å²) in [6.07, 6.45) is 6.21. The Morgan fingerprint density at radius 3 is 2.23 bits per heavy atom. The number of rotatable bonds is 8. The van der Waals surface area contributed by atoms with Crippen molar-refractivity contribution in [2.24, 2.45) is 28.7 Å². The van der Waals surface area contributed by atoms with E-state index in [-0.39, 0.29) is 66.0 Å². The van der Waals surface area contributed by atoms with Crippen molar-refractivity contribution in [2.75, 3.05) is 32.4 Å². The fraction of sp³-hybridized carbons (Fsp3) is 0.737. The highest BCUT2D eigenvalue weighted by atomic mass is 127. The highest BCUT2D eigenvalue weighted by Gasteiger charge is 2.58. The summed E-state index contributed by atoms with van der Waals surface area (Å²) in [5.74, 6) is 0.463. The van der Waals surface area contributed by atoms with Crippen LogP contribution in [-0.2, 0) is 19.6 Å². The number of nitrogens with one attached hydrogen (secondary N) is 3. The smallest absolute Gasteiger partial charge is 0.233 e. The quantitative estimate of drug-likeness (QED) is 0.131. The molecule has 0 aromatic heterocycles. The van der Waals surface area contributed by atoms with E-state index in [1.165, 1.54) is 4.90 Å². The first kappa shape index (κ1) is 25.1. The van der Waals surface area contributed by atoms with Crippen LogP contribution in [0.4, 0.5) is 0 Å². The second-order valence-corrected chi connectivity index (χ2v) is 10.5. The molecule has 11 heteroatoms. The van der Waals surface area contributed by atoms with E-state index in [1.807, 2.05) is 6.92 Å². The van der Waals surface area contributed by atoms with E-state index in [9.17, 15) is 18.0 Å². The van der Waals surface area contributed by atoms with Gasteiger partial charge in [-0.3, -0.25) is 19.5 Å². The standard InChI is InChI=1S/C19H31N5O4S.HI/c1-5-20-18(22-11-19(2,3)23-29(4,27)28)21-8-9-24-16(25)14-12-6-7-13(10-12)15(14)17(24)26;/h6-7,12-15,23H,5,8-11H2,1-4H3,(H2,20,21,22);1H. The predicted octanol–water partition coefficient (Wildman–Crippen LogP) is 0.294. The number of guanidine groups is 1. The molecule has 4 unspecified atom stereocenters. The Labute approximate surface area is 195 Å². The zero-order valence-corrected chi connectivity index (χ0v) is 21.0. The lowest BCUT2D eigenvalue weighted by atomic mass is 9.85. The van der Waals surface area contributed by atoms with Crippen molar-refractivity contribution in [3.05, 3.63) is 12.2 Å². The molecule has 0 aromatic carbocycles. The first-order valence-electron chi connectivity index (χ1n) is 10.1. The summed E-state index contributed by atoms with van der Waals surface area (Å²) in [5, 5.41) is 6.22. The number of fused-ring (bicyclic) bond motifs is 5. The molecule has 2 fully saturated rings. The summed E-state index contributed by atoms with van der Waals surface area (Å²) in [4.78, 5) is 31.2. The molecular formula is C19H32IN5O4S. The number of halogens is 1. The van der Waals surface area contributed by atoms with Crippen LogP contribution < -0.4 is 15.4 Å². The Bertz CT molecular complexity index is 812. The zero-order chi connectivity index (χ0) is 21.4. The molecule has 3 rings (SSSR count). The minimum Gasteiger partial charge on any atom is -0.357 e. The number of imide groups is 1. The average molecular weight is 553 g/mol. The normalized spacial score (nSPS) is 28.0. The molecule has 0 spiro atoms. The van der Waals surface area contributed by atoms with Gasteiger partial charge in [0.2, 0.25) is 21.8 Å². The number of nitrogens with zero attached hydrogens (tertiary/aromatic N) is 2. The fourth-order valence-corrected chi connectivity index (χ4v) is 5.69. The maximum Gasteiger partial charge on any atom is 0.233 e. The molecule has 2 bridgehead atoms. The lowest BCUT2D eigenvalue weighted by molar-refractivity contribution is -0.140. The van der Waals surface area contributed by atoms with Crippen molar-refractivity contribution in [2.45, 2.75) is 32.7 Å².